The van der Waals surface area contributed by atoms with E-state index in [-0.39, 0.29) is 5.92 Å². The van der Waals surface area contributed by atoms with Crippen LogP contribution in [-0.2, 0) is 0 Å². The van der Waals surface area contributed by atoms with Crippen molar-refractivity contribution in [2.45, 2.75) is 12.8 Å². The molecule has 1 aliphatic carbocycles. The van der Waals surface area contributed by atoms with Crippen molar-refractivity contribution < 1.29 is 4.74 Å². The minimum absolute atomic E-state index is 0.279. The van der Waals surface area contributed by atoms with Crippen molar-refractivity contribution in [3.05, 3.63) is 175 Å². The maximum Gasteiger partial charge on any atom is 0.119 e. The molecule has 0 radical (unpaired) electrons. The topological polar surface area (TPSA) is 15.7 Å². The SMILES string of the molecule is COc1ccc(N(C)c2ccc(-c3ccc(N(C4=CC=CC(c5ccccc5)C4C)c4cccc5ccccc45)cc3)cc2)cc1. The van der Waals surface area contributed by atoms with Crippen molar-refractivity contribution in [1.82, 2.24) is 0 Å². The predicted octanol–water partition coefficient (Wildman–Crippen LogP) is 11.3. The molecule has 6 aromatic carbocycles. The minimum atomic E-state index is 0.279. The van der Waals surface area contributed by atoms with Gasteiger partial charge in [-0.2, -0.15) is 0 Å². The summed E-state index contributed by atoms with van der Waals surface area (Å²) in [7, 11) is 3.78. The Morgan fingerprint density at radius 2 is 1.17 bits per heavy atom. The number of nitrogens with zero attached hydrogens (tertiary/aromatic N) is 2. The molecule has 0 saturated carbocycles. The van der Waals surface area contributed by atoms with E-state index in [9.17, 15) is 0 Å². The minimum Gasteiger partial charge on any atom is -0.497 e. The second kappa shape index (κ2) is 12.8. The van der Waals surface area contributed by atoms with Gasteiger partial charge in [0.05, 0.1) is 12.8 Å². The van der Waals surface area contributed by atoms with Gasteiger partial charge in [0.1, 0.15) is 5.75 Å². The van der Waals surface area contributed by atoms with E-state index < -0.39 is 0 Å². The fourth-order valence-corrected chi connectivity index (χ4v) is 6.60. The average Bonchev–Trinajstić information content (AvgIpc) is 3.13. The molecule has 7 rings (SSSR count). The molecule has 0 saturated heterocycles. The van der Waals surface area contributed by atoms with Crippen LogP contribution >= 0.6 is 0 Å². The van der Waals surface area contributed by atoms with Crippen molar-refractivity contribution in [3.63, 3.8) is 0 Å². The maximum atomic E-state index is 5.32. The molecule has 3 heteroatoms. The van der Waals surface area contributed by atoms with Gasteiger partial charge in [0, 0.05) is 47.0 Å². The van der Waals surface area contributed by atoms with Crippen LogP contribution in [-0.4, -0.2) is 14.2 Å². The van der Waals surface area contributed by atoms with E-state index in [0.717, 1.165) is 22.8 Å². The van der Waals surface area contributed by atoms with Gasteiger partial charge in [-0.1, -0.05) is 110 Å². The molecule has 0 N–H and O–H groups in total. The van der Waals surface area contributed by atoms with Crippen molar-refractivity contribution in [3.8, 4) is 16.9 Å². The Morgan fingerprint density at radius 3 is 1.85 bits per heavy atom. The summed E-state index contributed by atoms with van der Waals surface area (Å²) in [6.45, 7) is 2.35. The van der Waals surface area contributed by atoms with Gasteiger partial charge in [0.2, 0.25) is 0 Å². The summed E-state index contributed by atoms with van der Waals surface area (Å²) < 4.78 is 5.32. The number of methoxy groups -OCH3 is 1. The first kappa shape index (κ1) is 29.2. The van der Waals surface area contributed by atoms with Gasteiger partial charge in [-0.25, -0.2) is 0 Å². The maximum absolute atomic E-state index is 5.32. The zero-order valence-corrected chi connectivity index (χ0v) is 26.5. The molecule has 226 valence electrons. The molecule has 0 fully saturated rings. The first-order valence-electron chi connectivity index (χ1n) is 15.9. The lowest BCUT2D eigenvalue weighted by Gasteiger charge is -2.36. The average molecular weight is 599 g/mol. The lowest BCUT2D eigenvalue weighted by Crippen LogP contribution is -2.26. The fraction of sp³-hybridized carbons (Fsp3) is 0.116. The van der Waals surface area contributed by atoms with Crippen LogP contribution in [0.4, 0.5) is 22.7 Å². The molecule has 0 aliphatic heterocycles. The highest BCUT2D eigenvalue weighted by Crippen LogP contribution is 2.43. The third kappa shape index (κ3) is 5.68. The summed E-state index contributed by atoms with van der Waals surface area (Å²) in [6.07, 6.45) is 6.85. The number of allylic oxidation sites excluding steroid dienone is 4. The van der Waals surface area contributed by atoms with Crippen LogP contribution in [0.25, 0.3) is 21.9 Å². The molecular weight excluding hydrogens is 560 g/mol. The van der Waals surface area contributed by atoms with Gasteiger partial charge >= 0.3 is 0 Å². The normalized spacial score (nSPS) is 15.8. The first-order chi connectivity index (χ1) is 22.6. The Balaban J connectivity index is 1.22. The number of ether oxygens (including phenoxy) is 1. The molecule has 2 unspecified atom stereocenters. The lowest BCUT2D eigenvalue weighted by atomic mass is 9.81. The quantitative estimate of drug-likeness (QED) is 0.173. The molecule has 6 aromatic rings. The molecule has 1 aliphatic rings. The van der Waals surface area contributed by atoms with Crippen LogP contribution in [0.15, 0.2) is 170 Å². The van der Waals surface area contributed by atoms with E-state index in [0.29, 0.717) is 5.92 Å². The third-order valence-electron chi connectivity index (χ3n) is 9.21. The highest BCUT2D eigenvalue weighted by molar-refractivity contribution is 5.97. The molecule has 0 heterocycles. The standard InChI is InChI=1S/C43H38N2O/c1-31-40(34-11-5-4-6-12-34)16-10-17-42(31)45(43-18-9-14-35-13-7-8-15-41(35)43)38-25-21-33(22-26-38)32-19-23-36(24-20-32)44(2)37-27-29-39(46-3)30-28-37/h4-31,40H,1-3H3. The Hall–Kier alpha value is -5.54. The molecule has 0 bridgehead atoms. The number of hydrogen-bond acceptors (Lipinski definition) is 3. The highest BCUT2D eigenvalue weighted by atomic mass is 16.5. The van der Waals surface area contributed by atoms with Gasteiger partial charge in [-0.3, -0.25) is 0 Å². The summed E-state index contributed by atoms with van der Waals surface area (Å²) >= 11 is 0. The van der Waals surface area contributed by atoms with Crippen molar-refractivity contribution in [2.24, 2.45) is 5.92 Å². The van der Waals surface area contributed by atoms with Gasteiger partial charge in [-0.05, 0) is 82.7 Å². The zero-order chi connectivity index (χ0) is 31.5. The molecular formula is C43H38N2O. The van der Waals surface area contributed by atoms with Gasteiger partial charge in [0.25, 0.3) is 0 Å². The van der Waals surface area contributed by atoms with E-state index in [4.69, 9.17) is 4.74 Å². The number of rotatable bonds is 8. The van der Waals surface area contributed by atoms with E-state index in [1.165, 1.54) is 38.8 Å². The van der Waals surface area contributed by atoms with Crippen LogP contribution < -0.4 is 14.5 Å². The van der Waals surface area contributed by atoms with E-state index in [1.807, 2.05) is 12.1 Å². The number of benzene rings is 6. The smallest absolute Gasteiger partial charge is 0.119 e. The Kier molecular flexibility index (Phi) is 8.14. The van der Waals surface area contributed by atoms with Crippen LogP contribution in [0.2, 0.25) is 0 Å². The van der Waals surface area contributed by atoms with Gasteiger partial charge < -0.3 is 14.5 Å². The van der Waals surface area contributed by atoms with Crippen LogP contribution in [0.1, 0.15) is 18.4 Å². The van der Waals surface area contributed by atoms with Crippen molar-refractivity contribution in [1.29, 1.82) is 0 Å². The Bertz CT molecular complexity index is 1990. The fourth-order valence-electron chi connectivity index (χ4n) is 6.60. The second-order valence-electron chi connectivity index (χ2n) is 11.9. The number of hydrogen-bond donors (Lipinski definition) is 0. The summed E-state index contributed by atoms with van der Waals surface area (Å²) in [5.41, 5.74) is 9.58. The lowest BCUT2D eigenvalue weighted by molar-refractivity contribution is 0.415. The summed E-state index contributed by atoms with van der Waals surface area (Å²) in [4.78, 5) is 4.65. The van der Waals surface area contributed by atoms with E-state index in [1.54, 1.807) is 7.11 Å². The van der Waals surface area contributed by atoms with E-state index >= 15 is 0 Å². The highest BCUT2D eigenvalue weighted by Gasteiger charge is 2.28. The van der Waals surface area contributed by atoms with Crippen molar-refractivity contribution >= 4 is 33.5 Å². The van der Waals surface area contributed by atoms with Crippen LogP contribution in [0.3, 0.4) is 0 Å². The van der Waals surface area contributed by atoms with Gasteiger partial charge in [-0.15, -0.1) is 0 Å². The Morgan fingerprint density at radius 1 is 0.587 bits per heavy atom. The van der Waals surface area contributed by atoms with Crippen LogP contribution in [0.5, 0.6) is 5.75 Å². The molecule has 3 nitrogen and oxygen atoms in total. The summed E-state index contributed by atoms with van der Waals surface area (Å²) in [6, 6.07) is 52.1. The predicted molar refractivity (Wildman–Crippen MR) is 195 cm³/mol. The Labute approximate surface area is 272 Å². The first-order valence-corrected chi connectivity index (χ1v) is 15.9. The van der Waals surface area contributed by atoms with Crippen molar-refractivity contribution in [2.75, 3.05) is 24.0 Å². The monoisotopic (exact) mass is 598 g/mol. The molecule has 2 atom stereocenters. The van der Waals surface area contributed by atoms with Crippen LogP contribution in [0, 0.1) is 5.92 Å². The summed E-state index contributed by atoms with van der Waals surface area (Å²) in [5.74, 6) is 1.44. The zero-order valence-electron chi connectivity index (χ0n) is 26.5. The van der Waals surface area contributed by atoms with E-state index in [2.05, 4.69) is 175 Å². The molecule has 0 amide bonds. The third-order valence-corrected chi connectivity index (χ3v) is 9.21. The number of fused-ring (bicyclic) bond motifs is 1. The largest absolute Gasteiger partial charge is 0.497 e. The number of anilines is 4. The molecule has 0 aromatic heterocycles. The second-order valence-corrected chi connectivity index (χ2v) is 11.9. The summed E-state index contributed by atoms with van der Waals surface area (Å²) in [5, 5.41) is 2.48. The van der Waals surface area contributed by atoms with Gasteiger partial charge in [0.15, 0.2) is 0 Å². The molecule has 46 heavy (non-hydrogen) atoms. The molecule has 0 spiro atoms.